The van der Waals surface area contributed by atoms with Gasteiger partial charge < -0.3 is 0 Å². The van der Waals surface area contributed by atoms with Crippen LogP contribution in [-0.2, 0) is 0 Å². The molecule has 0 radical (unpaired) electrons. The Morgan fingerprint density at radius 1 is 1.50 bits per heavy atom. The van der Waals surface area contributed by atoms with E-state index < -0.39 is 0 Å². The summed E-state index contributed by atoms with van der Waals surface area (Å²) in [6.45, 7) is 3.71. The summed E-state index contributed by atoms with van der Waals surface area (Å²) in [4.78, 5) is 11.7. The number of hydrogen-bond acceptors (Lipinski definition) is 4. The van der Waals surface area contributed by atoms with Crippen molar-refractivity contribution in [3.63, 3.8) is 0 Å². The number of aromatic nitrogens is 4. The van der Waals surface area contributed by atoms with E-state index in [1.54, 1.807) is 18.3 Å². The predicted molar refractivity (Wildman–Crippen MR) is 50.0 cm³/mol. The van der Waals surface area contributed by atoms with Crippen molar-refractivity contribution in [2.75, 3.05) is 0 Å². The molecule has 0 spiro atoms. The van der Waals surface area contributed by atoms with Crippen LogP contribution in [0.1, 0.15) is 24.2 Å². The second-order valence-electron chi connectivity index (χ2n) is 3.39. The number of hydrogen-bond donors (Lipinski definition) is 0. The van der Waals surface area contributed by atoms with Gasteiger partial charge in [0, 0.05) is 12.1 Å². The van der Waals surface area contributed by atoms with Gasteiger partial charge in [-0.3, -0.25) is 4.79 Å². The molecule has 5 heteroatoms. The largest absolute Gasteiger partial charge is 0.294 e. The summed E-state index contributed by atoms with van der Waals surface area (Å²) in [6.07, 6.45) is 1.71. The fourth-order valence-electron chi connectivity index (χ4n) is 1.27. The average Bonchev–Trinajstić information content (AvgIpc) is 2.63. The van der Waals surface area contributed by atoms with Gasteiger partial charge in [0.2, 0.25) is 0 Å². The first-order valence-electron chi connectivity index (χ1n) is 4.41. The van der Waals surface area contributed by atoms with Gasteiger partial charge in [0.05, 0.1) is 5.56 Å². The Bertz CT molecular complexity index is 474. The topological polar surface area (TPSA) is 60.2 Å². The van der Waals surface area contributed by atoms with Gasteiger partial charge in [-0.15, -0.1) is 5.10 Å². The summed E-state index contributed by atoms with van der Waals surface area (Å²) in [7, 11) is 0. The van der Waals surface area contributed by atoms with Crippen LogP contribution in [0.3, 0.4) is 0 Å². The Kier molecular flexibility index (Phi) is 1.99. The molecule has 14 heavy (non-hydrogen) atoms. The third-order valence-corrected chi connectivity index (χ3v) is 2.01. The van der Waals surface area contributed by atoms with Crippen molar-refractivity contribution >= 4 is 11.4 Å². The highest BCUT2D eigenvalue weighted by molar-refractivity contribution is 6.02. The van der Waals surface area contributed by atoms with Crippen molar-refractivity contribution in [2.45, 2.75) is 13.8 Å². The molecule has 0 N–H and O–H groups in total. The number of nitrogens with zero attached hydrogens (tertiary/aromatic N) is 4. The summed E-state index contributed by atoms with van der Waals surface area (Å²) in [6, 6.07) is 3.51. The van der Waals surface area contributed by atoms with Crippen molar-refractivity contribution in [3.8, 4) is 0 Å². The third-order valence-electron chi connectivity index (χ3n) is 2.01. The molecular weight excluding hydrogens is 180 g/mol. The first-order chi connectivity index (χ1) is 6.70. The van der Waals surface area contributed by atoms with Crippen LogP contribution in [0, 0.1) is 5.92 Å². The van der Waals surface area contributed by atoms with E-state index in [1.165, 1.54) is 4.52 Å². The summed E-state index contributed by atoms with van der Waals surface area (Å²) in [5.41, 5.74) is 1.10. The molecule has 0 saturated carbocycles. The van der Waals surface area contributed by atoms with E-state index in [-0.39, 0.29) is 11.7 Å². The second-order valence-corrected chi connectivity index (χ2v) is 3.39. The first-order valence-corrected chi connectivity index (χ1v) is 4.41. The first kappa shape index (κ1) is 8.80. The Labute approximate surface area is 80.7 Å². The average molecular weight is 190 g/mol. The molecule has 2 aromatic heterocycles. The maximum Gasteiger partial charge on any atom is 0.189 e. The van der Waals surface area contributed by atoms with Crippen LogP contribution in [-0.4, -0.2) is 25.8 Å². The number of ketones is 1. The number of fused-ring (bicyclic) bond motifs is 1. The van der Waals surface area contributed by atoms with E-state index in [4.69, 9.17) is 0 Å². The Hall–Kier alpha value is -1.78. The van der Waals surface area contributed by atoms with Crippen molar-refractivity contribution in [1.82, 2.24) is 20.0 Å². The molecular formula is C9H10N4O. The van der Waals surface area contributed by atoms with Crippen LogP contribution in [0.2, 0.25) is 0 Å². The van der Waals surface area contributed by atoms with Gasteiger partial charge in [-0.1, -0.05) is 13.8 Å². The fourth-order valence-corrected chi connectivity index (χ4v) is 1.27. The lowest BCUT2D eigenvalue weighted by molar-refractivity contribution is 0.0940. The zero-order valence-electron chi connectivity index (χ0n) is 8.01. The van der Waals surface area contributed by atoms with E-state index in [0.29, 0.717) is 11.2 Å². The molecule has 0 atom stereocenters. The lowest BCUT2D eigenvalue weighted by atomic mass is 10.0. The van der Waals surface area contributed by atoms with Gasteiger partial charge in [-0.05, 0) is 22.6 Å². The van der Waals surface area contributed by atoms with Gasteiger partial charge in [-0.25, -0.2) is 0 Å². The molecule has 0 aliphatic carbocycles. The van der Waals surface area contributed by atoms with Gasteiger partial charge in [0.15, 0.2) is 11.4 Å². The number of Topliss-reactive ketones (excluding diaryl/α,β-unsaturated/α-hetero) is 1. The molecule has 0 saturated heterocycles. The number of carbonyl (C=O) groups is 1. The van der Waals surface area contributed by atoms with E-state index in [0.717, 1.165) is 0 Å². The number of carbonyl (C=O) groups excluding carboxylic acids is 1. The smallest absolute Gasteiger partial charge is 0.189 e. The van der Waals surface area contributed by atoms with Crippen LogP contribution in [0.4, 0.5) is 0 Å². The van der Waals surface area contributed by atoms with E-state index in [2.05, 4.69) is 15.5 Å². The van der Waals surface area contributed by atoms with Crippen LogP contribution < -0.4 is 0 Å². The van der Waals surface area contributed by atoms with Crippen molar-refractivity contribution in [3.05, 3.63) is 23.9 Å². The Balaban J connectivity index is 2.62. The standard InChI is InChI=1S/C9H10N4O/c1-6(2)8(14)7-4-3-5-13-9(7)10-11-12-13/h3-6H,1-2H3. The molecule has 0 aliphatic heterocycles. The molecule has 2 heterocycles. The minimum absolute atomic E-state index is 0.0436. The summed E-state index contributed by atoms with van der Waals surface area (Å²) >= 11 is 0. The SMILES string of the molecule is CC(C)C(=O)c1cccn2nnnc12. The summed E-state index contributed by atoms with van der Waals surface area (Å²) in [5, 5.41) is 11.0. The number of rotatable bonds is 2. The molecule has 0 fully saturated rings. The lowest BCUT2D eigenvalue weighted by Crippen LogP contribution is -2.09. The minimum Gasteiger partial charge on any atom is -0.294 e. The van der Waals surface area contributed by atoms with Crippen molar-refractivity contribution in [2.24, 2.45) is 5.92 Å². The summed E-state index contributed by atoms with van der Waals surface area (Å²) < 4.78 is 1.50. The summed E-state index contributed by atoms with van der Waals surface area (Å²) in [5.74, 6) is 0.0169. The normalized spacial score (nSPS) is 11.1. The molecule has 2 rings (SSSR count). The Morgan fingerprint density at radius 3 is 3.00 bits per heavy atom. The number of tetrazole rings is 1. The van der Waals surface area contributed by atoms with Gasteiger partial charge in [0.1, 0.15) is 0 Å². The molecule has 0 amide bonds. The zero-order valence-corrected chi connectivity index (χ0v) is 8.01. The number of pyridine rings is 1. The molecule has 0 aromatic carbocycles. The quantitative estimate of drug-likeness (QED) is 0.662. The van der Waals surface area contributed by atoms with Gasteiger partial charge in [0.25, 0.3) is 0 Å². The molecule has 2 aromatic rings. The highest BCUT2D eigenvalue weighted by Crippen LogP contribution is 2.11. The molecule has 72 valence electrons. The second kappa shape index (κ2) is 3.17. The van der Waals surface area contributed by atoms with Crippen molar-refractivity contribution in [1.29, 1.82) is 0 Å². The van der Waals surface area contributed by atoms with E-state index in [9.17, 15) is 4.79 Å². The molecule has 0 bridgehead atoms. The predicted octanol–water partition coefficient (Wildman–Crippen LogP) is 0.963. The van der Waals surface area contributed by atoms with Gasteiger partial charge in [-0.2, -0.15) is 4.52 Å². The van der Waals surface area contributed by atoms with Crippen LogP contribution >= 0.6 is 0 Å². The van der Waals surface area contributed by atoms with Gasteiger partial charge >= 0.3 is 0 Å². The third kappa shape index (κ3) is 1.26. The Morgan fingerprint density at radius 2 is 2.29 bits per heavy atom. The van der Waals surface area contributed by atoms with Crippen LogP contribution in [0.5, 0.6) is 0 Å². The molecule has 0 aliphatic rings. The lowest BCUT2D eigenvalue weighted by Gasteiger charge is -2.03. The maximum absolute atomic E-state index is 11.7. The maximum atomic E-state index is 11.7. The minimum atomic E-state index is -0.0436. The van der Waals surface area contributed by atoms with Crippen molar-refractivity contribution < 1.29 is 4.79 Å². The van der Waals surface area contributed by atoms with E-state index >= 15 is 0 Å². The molecule has 5 nitrogen and oxygen atoms in total. The van der Waals surface area contributed by atoms with Crippen LogP contribution in [0.15, 0.2) is 18.3 Å². The zero-order chi connectivity index (χ0) is 10.1. The monoisotopic (exact) mass is 190 g/mol. The van der Waals surface area contributed by atoms with Crippen LogP contribution in [0.25, 0.3) is 5.65 Å². The molecule has 0 unspecified atom stereocenters. The van der Waals surface area contributed by atoms with E-state index in [1.807, 2.05) is 13.8 Å². The fraction of sp³-hybridized carbons (Fsp3) is 0.333. The highest BCUT2D eigenvalue weighted by Gasteiger charge is 2.15. The highest BCUT2D eigenvalue weighted by atomic mass is 16.1.